The number of aliphatic imine (C=N–C) groups is 1. The molecular formula is C16H35IN4O2S. The monoisotopic (exact) mass is 474 g/mol. The average molecular weight is 474 g/mol. The van der Waals surface area contributed by atoms with Crippen LogP contribution in [-0.4, -0.2) is 45.8 Å². The molecule has 1 aliphatic rings. The van der Waals surface area contributed by atoms with Gasteiger partial charge < -0.3 is 10.6 Å². The van der Waals surface area contributed by atoms with Crippen LogP contribution in [0.5, 0.6) is 0 Å². The van der Waals surface area contributed by atoms with E-state index in [-0.39, 0.29) is 24.0 Å². The lowest BCUT2D eigenvalue weighted by Crippen LogP contribution is -2.46. The fourth-order valence-corrected chi connectivity index (χ4v) is 4.12. The van der Waals surface area contributed by atoms with E-state index in [1.807, 2.05) is 20.8 Å². The molecular weight excluding hydrogens is 439 g/mol. The van der Waals surface area contributed by atoms with Crippen molar-refractivity contribution in [1.29, 1.82) is 0 Å². The fourth-order valence-electron chi connectivity index (χ4n) is 3.05. The standard InChI is InChI=1S/C16H34N4O2S.HI/c1-5-17-15(18-12-8-11-14-9-6-7-10-14)19-13-16(2,3)20-23(4,21)22;/h14,20H,5-13H2,1-4H3,(H2,17,18,19);1H. The Kier molecular flexibility index (Phi) is 11.5. The molecule has 144 valence electrons. The van der Waals surface area contributed by atoms with Gasteiger partial charge in [-0.3, -0.25) is 4.99 Å². The number of halogens is 1. The molecule has 0 heterocycles. The molecule has 1 aliphatic carbocycles. The van der Waals surface area contributed by atoms with Gasteiger partial charge in [0.25, 0.3) is 0 Å². The van der Waals surface area contributed by atoms with E-state index in [1.54, 1.807) is 0 Å². The van der Waals surface area contributed by atoms with Crippen LogP contribution in [0.2, 0.25) is 0 Å². The number of rotatable bonds is 9. The van der Waals surface area contributed by atoms with Crippen molar-refractivity contribution in [2.24, 2.45) is 10.9 Å². The first-order chi connectivity index (χ1) is 10.7. The van der Waals surface area contributed by atoms with E-state index in [4.69, 9.17) is 0 Å². The zero-order valence-corrected chi connectivity index (χ0v) is 18.7. The molecule has 0 aromatic rings. The smallest absolute Gasteiger partial charge is 0.209 e. The van der Waals surface area contributed by atoms with Gasteiger partial charge in [-0.25, -0.2) is 13.1 Å². The quantitative estimate of drug-likeness (QED) is 0.208. The first kappa shape index (κ1) is 23.9. The largest absolute Gasteiger partial charge is 0.357 e. The van der Waals surface area contributed by atoms with Crippen molar-refractivity contribution in [2.45, 2.75) is 64.8 Å². The van der Waals surface area contributed by atoms with Gasteiger partial charge in [0.1, 0.15) is 0 Å². The summed E-state index contributed by atoms with van der Waals surface area (Å²) < 4.78 is 25.3. The van der Waals surface area contributed by atoms with Crippen LogP contribution in [0, 0.1) is 5.92 Å². The van der Waals surface area contributed by atoms with Gasteiger partial charge in [-0.05, 0) is 39.5 Å². The second-order valence-electron chi connectivity index (χ2n) is 7.17. The van der Waals surface area contributed by atoms with Crippen molar-refractivity contribution < 1.29 is 8.42 Å². The van der Waals surface area contributed by atoms with Gasteiger partial charge in [0.15, 0.2) is 5.96 Å². The van der Waals surface area contributed by atoms with Crippen molar-refractivity contribution >= 4 is 40.0 Å². The minimum absolute atomic E-state index is 0. The van der Waals surface area contributed by atoms with Crippen LogP contribution >= 0.6 is 24.0 Å². The molecule has 0 radical (unpaired) electrons. The molecule has 0 aliphatic heterocycles. The Hall–Kier alpha value is -0.0900. The molecule has 0 aromatic carbocycles. The lowest BCUT2D eigenvalue weighted by atomic mass is 10.0. The molecule has 8 heteroatoms. The highest BCUT2D eigenvalue weighted by Crippen LogP contribution is 2.28. The molecule has 3 N–H and O–H groups in total. The van der Waals surface area contributed by atoms with Crippen molar-refractivity contribution in [3.05, 3.63) is 0 Å². The first-order valence-corrected chi connectivity index (χ1v) is 10.6. The fraction of sp³-hybridized carbons (Fsp3) is 0.938. The Bertz CT molecular complexity index is 474. The van der Waals surface area contributed by atoms with Crippen LogP contribution in [0.4, 0.5) is 0 Å². The number of sulfonamides is 1. The molecule has 0 atom stereocenters. The van der Waals surface area contributed by atoms with E-state index in [2.05, 4.69) is 20.3 Å². The molecule has 0 saturated heterocycles. The van der Waals surface area contributed by atoms with Crippen LogP contribution in [0.25, 0.3) is 0 Å². The molecule has 0 unspecified atom stereocenters. The predicted octanol–water partition coefficient (Wildman–Crippen LogP) is 2.46. The number of hydrogen-bond acceptors (Lipinski definition) is 3. The van der Waals surface area contributed by atoms with E-state index < -0.39 is 15.6 Å². The van der Waals surface area contributed by atoms with Gasteiger partial charge in [0.05, 0.1) is 12.8 Å². The summed E-state index contributed by atoms with van der Waals surface area (Å²) in [7, 11) is -3.23. The summed E-state index contributed by atoms with van der Waals surface area (Å²) in [6.45, 7) is 7.77. The average Bonchev–Trinajstić information content (AvgIpc) is 2.91. The third-order valence-electron chi connectivity index (χ3n) is 3.99. The van der Waals surface area contributed by atoms with E-state index in [0.717, 1.165) is 31.4 Å². The maximum absolute atomic E-state index is 11.4. The third-order valence-corrected chi connectivity index (χ3v) is 4.92. The lowest BCUT2D eigenvalue weighted by Gasteiger charge is -2.23. The van der Waals surface area contributed by atoms with Gasteiger partial charge in [-0.2, -0.15) is 0 Å². The predicted molar refractivity (Wildman–Crippen MR) is 113 cm³/mol. The Labute approximate surface area is 165 Å². The summed E-state index contributed by atoms with van der Waals surface area (Å²) in [5.74, 6) is 1.66. The van der Waals surface area contributed by atoms with Crippen LogP contribution in [-0.2, 0) is 10.0 Å². The number of nitrogens with one attached hydrogen (secondary N) is 3. The molecule has 0 spiro atoms. The van der Waals surface area contributed by atoms with Crippen molar-refractivity contribution in [2.75, 3.05) is 25.9 Å². The SMILES string of the molecule is CCNC(=NCC(C)(C)NS(C)(=O)=O)NCCCC1CCCC1.I. The Morgan fingerprint density at radius 3 is 2.38 bits per heavy atom. The third kappa shape index (κ3) is 11.5. The van der Waals surface area contributed by atoms with Gasteiger partial charge in [-0.15, -0.1) is 24.0 Å². The lowest BCUT2D eigenvalue weighted by molar-refractivity contribution is 0.463. The van der Waals surface area contributed by atoms with Crippen LogP contribution in [0.15, 0.2) is 4.99 Å². The van der Waals surface area contributed by atoms with Crippen molar-refractivity contribution in [3.8, 4) is 0 Å². The Morgan fingerprint density at radius 2 is 1.83 bits per heavy atom. The second-order valence-corrected chi connectivity index (χ2v) is 8.92. The summed E-state index contributed by atoms with van der Waals surface area (Å²) in [5, 5.41) is 6.55. The van der Waals surface area contributed by atoms with Gasteiger partial charge in [0.2, 0.25) is 10.0 Å². The topological polar surface area (TPSA) is 82.6 Å². The highest BCUT2D eigenvalue weighted by Gasteiger charge is 2.21. The molecule has 1 rings (SSSR count). The Morgan fingerprint density at radius 1 is 1.21 bits per heavy atom. The molecule has 1 fully saturated rings. The molecule has 6 nitrogen and oxygen atoms in total. The van der Waals surface area contributed by atoms with Crippen molar-refractivity contribution in [3.63, 3.8) is 0 Å². The zero-order valence-electron chi connectivity index (χ0n) is 15.5. The summed E-state index contributed by atoms with van der Waals surface area (Å²) in [6.07, 6.45) is 9.17. The van der Waals surface area contributed by atoms with E-state index in [1.165, 1.54) is 38.4 Å². The molecule has 0 bridgehead atoms. The maximum atomic E-state index is 11.4. The van der Waals surface area contributed by atoms with Crippen LogP contribution in [0.3, 0.4) is 0 Å². The second kappa shape index (κ2) is 11.5. The van der Waals surface area contributed by atoms with Gasteiger partial charge >= 0.3 is 0 Å². The highest BCUT2D eigenvalue weighted by molar-refractivity contribution is 14.0. The summed E-state index contributed by atoms with van der Waals surface area (Å²) in [5.41, 5.74) is -0.597. The number of hydrogen-bond donors (Lipinski definition) is 3. The number of nitrogens with zero attached hydrogens (tertiary/aromatic N) is 1. The van der Waals surface area contributed by atoms with Crippen LogP contribution in [0.1, 0.15) is 59.3 Å². The summed E-state index contributed by atoms with van der Waals surface area (Å²) in [6, 6.07) is 0. The van der Waals surface area contributed by atoms with Crippen molar-refractivity contribution in [1.82, 2.24) is 15.4 Å². The van der Waals surface area contributed by atoms with Gasteiger partial charge in [0, 0.05) is 18.6 Å². The molecule has 24 heavy (non-hydrogen) atoms. The van der Waals surface area contributed by atoms with E-state index >= 15 is 0 Å². The summed E-state index contributed by atoms with van der Waals surface area (Å²) >= 11 is 0. The minimum Gasteiger partial charge on any atom is -0.357 e. The molecule has 1 saturated carbocycles. The van der Waals surface area contributed by atoms with E-state index in [0.29, 0.717) is 6.54 Å². The number of guanidine groups is 1. The zero-order chi connectivity index (χ0) is 17.3. The summed E-state index contributed by atoms with van der Waals surface area (Å²) in [4.78, 5) is 4.51. The highest BCUT2D eigenvalue weighted by atomic mass is 127. The first-order valence-electron chi connectivity index (χ1n) is 8.73. The van der Waals surface area contributed by atoms with Crippen LogP contribution < -0.4 is 15.4 Å². The molecule has 0 aromatic heterocycles. The van der Waals surface area contributed by atoms with E-state index in [9.17, 15) is 8.42 Å². The normalized spacial score (nSPS) is 16.8. The Balaban J connectivity index is 0.00000529. The minimum atomic E-state index is -3.23. The van der Waals surface area contributed by atoms with Gasteiger partial charge in [-0.1, -0.05) is 25.7 Å². The maximum Gasteiger partial charge on any atom is 0.209 e. The molecule has 0 amide bonds.